The van der Waals surface area contributed by atoms with E-state index in [-0.39, 0.29) is 47.8 Å². The minimum atomic E-state index is -3.85. The minimum absolute atomic E-state index is 0.0556. The number of carbonyl (C=O) groups excluding carboxylic acids is 1. The van der Waals surface area contributed by atoms with Crippen molar-refractivity contribution in [3.8, 4) is 0 Å². The van der Waals surface area contributed by atoms with Gasteiger partial charge in [-0.05, 0) is 27.9 Å². The Morgan fingerprint density at radius 3 is 2.79 bits per heavy atom. The maximum absolute atomic E-state index is 13.5. The highest BCUT2D eigenvalue weighted by atomic mass is 32.2. The smallest absolute Gasteiger partial charge is 0.395 e. The molecule has 0 bridgehead atoms. The zero-order valence-electron chi connectivity index (χ0n) is 22.7. The van der Waals surface area contributed by atoms with Crippen molar-refractivity contribution in [2.75, 3.05) is 58.5 Å². The van der Waals surface area contributed by atoms with Crippen molar-refractivity contribution in [3.05, 3.63) is 16.7 Å². The Morgan fingerprint density at radius 2 is 2.13 bits per heavy atom. The lowest BCUT2D eigenvalue weighted by molar-refractivity contribution is -0.119. The van der Waals surface area contributed by atoms with E-state index in [0.717, 1.165) is 11.8 Å². The highest BCUT2D eigenvalue weighted by Crippen LogP contribution is 2.45. The third-order valence-electron chi connectivity index (χ3n) is 6.21. The van der Waals surface area contributed by atoms with Gasteiger partial charge in [0.25, 0.3) is 5.56 Å². The topological polar surface area (TPSA) is 207 Å². The summed E-state index contributed by atoms with van der Waals surface area (Å²) in [7, 11) is -0.127. The molecule has 0 radical (unpaired) electrons. The van der Waals surface area contributed by atoms with Crippen LogP contribution in [0.5, 0.6) is 0 Å². The van der Waals surface area contributed by atoms with Crippen LogP contribution in [0.3, 0.4) is 0 Å². The molecule has 1 aliphatic heterocycles. The average molecular weight is 592 g/mol. The first kappa shape index (κ1) is 31.6. The fraction of sp³-hybridized carbons (Fsp3) is 0.727. The number of H-pyrrole nitrogens is 1. The number of thioether (sulfide) groups is 1. The van der Waals surface area contributed by atoms with Gasteiger partial charge in [-0.25, -0.2) is 14.6 Å². The molecule has 0 aromatic carbocycles. The van der Waals surface area contributed by atoms with Crippen molar-refractivity contribution in [3.63, 3.8) is 0 Å². The number of nitrogens with two attached hydrogens (primary N) is 1. The zero-order valence-corrected chi connectivity index (χ0v) is 24.4. The second kappa shape index (κ2) is 13.2. The molecule has 0 aliphatic carbocycles. The molecule has 2 aromatic rings. The molecular formula is C22H38N7O8PS. The van der Waals surface area contributed by atoms with Crippen LogP contribution in [0.25, 0.3) is 11.2 Å². The van der Waals surface area contributed by atoms with Crippen molar-refractivity contribution in [2.24, 2.45) is 11.3 Å². The Balaban J connectivity index is 1.65. The highest BCUT2D eigenvalue weighted by molar-refractivity contribution is 8.13. The number of anilines is 1. The maximum atomic E-state index is 13.5. The Hall–Kier alpha value is -1.88. The van der Waals surface area contributed by atoms with Crippen molar-refractivity contribution in [2.45, 2.75) is 39.2 Å². The molecule has 0 amide bonds. The normalized spacial score (nSPS) is 23.5. The first-order valence-corrected chi connectivity index (χ1v) is 14.9. The van der Waals surface area contributed by atoms with E-state index in [1.165, 1.54) is 10.9 Å². The second-order valence-corrected chi connectivity index (χ2v) is 13.1. The van der Waals surface area contributed by atoms with E-state index >= 15 is 0 Å². The van der Waals surface area contributed by atoms with Gasteiger partial charge in [0.05, 0.1) is 37.7 Å². The third kappa shape index (κ3) is 7.86. The average Bonchev–Trinajstić information content (AvgIpc) is 3.41. The van der Waals surface area contributed by atoms with Gasteiger partial charge in [-0.3, -0.25) is 28.2 Å². The van der Waals surface area contributed by atoms with E-state index in [4.69, 9.17) is 19.5 Å². The van der Waals surface area contributed by atoms with Gasteiger partial charge in [-0.15, -0.1) is 0 Å². The lowest BCUT2D eigenvalue weighted by atomic mass is 9.97. The minimum Gasteiger partial charge on any atom is -0.395 e. The molecule has 220 valence electrons. The summed E-state index contributed by atoms with van der Waals surface area (Å²) in [4.78, 5) is 36.9. The molecule has 1 aliphatic rings. The number of nitrogen functional groups attached to an aromatic ring is 1. The Labute approximate surface area is 230 Å². The number of nitrogens with one attached hydrogen (secondary N) is 2. The molecule has 15 nitrogen and oxygen atoms in total. The number of carbonyl (C=O) groups is 1. The summed E-state index contributed by atoms with van der Waals surface area (Å²) in [5.41, 5.74) is 4.58. The lowest BCUT2D eigenvalue weighted by Gasteiger charge is -2.23. The number of nitrogens with zero attached hydrogens (tertiary/aromatic N) is 4. The van der Waals surface area contributed by atoms with E-state index in [1.807, 2.05) is 19.0 Å². The van der Waals surface area contributed by atoms with Crippen LogP contribution in [0, 0.1) is 11.3 Å². The van der Waals surface area contributed by atoms with Gasteiger partial charge in [0.1, 0.15) is 12.3 Å². The third-order valence-corrected chi connectivity index (χ3v) is 9.02. The van der Waals surface area contributed by atoms with Gasteiger partial charge in [0.15, 0.2) is 16.3 Å². The fourth-order valence-corrected chi connectivity index (χ4v) is 5.98. The number of hydrogen-bond acceptors (Lipinski definition) is 13. The summed E-state index contributed by atoms with van der Waals surface area (Å²) in [6, 6.07) is 0. The van der Waals surface area contributed by atoms with Crippen LogP contribution in [0.1, 0.15) is 27.0 Å². The number of hydrogen-bond donors (Lipinski definition) is 5. The van der Waals surface area contributed by atoms with Crippen molar-refractivity contribution in [1.82, 2.24) is 29.5 Å². The number of aliphatic hydroxyl groups is 2. The quantitative estimate of drug-likeness (QED) is 0.147. The number of rotatable bonds is 14. The fourth-order valence-electron chi connectivity index (χ4n) is 3.74. The summed E-state index contributed by atoms with van der Waals surface area (Å²) < 4.78 is 32.3. The molecule has 0 spiro atoms. The lowest BCUT2D eigenvalue weighted by Crippen LogP contribution is -2.31. The molecule has 1 saturated heterocycles. The molecule has 5 atom stereocenters. The van der Waals surface area contributed by atoms with Crippen LogP contribution in [-0.2, 0) is 23.1 Å². The van der Waals surface area contributed by atoms with Crippen LogP contribution in [0.4, 0.5) is 5.95 Å². The predicted molar refractivity (Wildman–Crippen MR) is 146 cm³/mol. The summed E-state index contributed by atoms with van der Waals surface area (Å²) in [5.74, 6) is -0.338. The van der Waals surface area contributed by atoms with Gasteiger partial charge in [-0.1, -0.05) is 18.7 Å². The van der Waals surface area contributed by atoms with Crippen molar-refractivity contribution >= 4 is 41.7 Å². The van der Waals surface area contributed by atoms with Crippen LogP contribution < -0.4 is 16.4 Å². The van der Waals surface area contributed by atoms with Crippen molar-refractivity contribution < 1.29 is 33.4 Å². The monoisotopic (exact) mass is 591 g/mol. The SMILES string of the molecule is C[C@H]1[C@H](O)[C@@H](COP(=O)(NCCN(C)C)OCCSC(=O)C(C)(C)CO)O[C@H]1n1cnc2c(=O)[nH]c(N)nc21. The standard InChI is InChI=1S/C22H38N7O8PS/c1-13-16(31)14(37-19(13)29-12-24-15-17(29)26-21(23)27-18(15)32)10-36-38(34,25-6-7-28(4)5)35-8-9-39-20(33)22(2,3)11-30/h12-14,16,19,30-31H,6-11H2,1-5H3,(H,25,34)(H3,23,26,27,32)/t13-,14+,16-,19+,38?/m0/s1. The van der Waals surface area contributed by atoms with E-state index in [9.17, 15) is 24.4 Å². The van der Waals surface area contributed by atoms with Gasteiger partial charge in [0, 0.05) is 24.8 Å². The summed E-state index contributed by atoms with van der Waals surface area (Å²) in [5, 5.41) is 22.8. The number of aromatic amines is 1. The first-order chi connectivity index (χ1) is 18.3. The molecule has 1 unspecified atom stereocenters. The molecule has 6 N–H and O–H groups in total. The van der Waals surface area contributed by atoms with Gasteiger partial charge < -0.3 is 25.6 Å². The molecule has 0 saturated carbocycles. The largest absolute Gasteiger partial charge is 0.405 e. The Morgan fingerprint density at radius 1 is 1.41 bits per heavy atom. The van der Waals surface area contributed by atoms with Crippen molar-refractivity contribution in [1.29, 1.82) is 0 Å². The zero-order chi connectivity index (χ0) is 29.0. The molecule has 39 heavy (non-hydrogen) atoms. The summed E-state index contributed by atoms with van der Waals surface area (Å²) >= 11 is 0.974. The van der Waals surface area contributed by atoms with Gasteiger partial charge in [-0.2, -0.15) is 4.98 Å². The predicted octanol–water partition coefficient (Wildman–Crippen LogP) is 0.167. The van der Waals surface area contributed by atoms with Crippen LogP contribution in [-0.4, -0.2) is 105 Å². The number of aromatic nitrogens is 4. The van der Waals surface area contributed by atoms with Gasteiger partial charge >= 0.3 is 7.75 Å². The molecule has 3 rings (SSSR count). The number of likely N-dealkylation sites (N-methyl/N-ethyl adjacent to an activating group) is 1. The number of ether oxygens (including phenoxy) is 1. The second-order valence-electron chi connectivity index (χ2n) is 10.2. The number of imidazole rings is 1. The van der Waals surface area contributed by atoms with Gasteiger partial charge in [0.2, 0.25) is 5.95 Å². The molecular weight excluding hydrogens is 553 g/mol. The van der Waals surface area contributed by atoms with Crippen LogP contribution >= 0.6 is 19.5 Å². The molecule has 2 aromatic heterocycles. The molecule has 17 heteroatoms. The molecule has 1 fully saturated rings. The summed E-state index contributed by atoms with van der Waals surface area (Å²) in [6.45, 7) is 5.27. The highest BCUT2D eigenvalue weighted by Gasteiger charge is 2.44. The summed E-state index contributed by atoms with van der Waals surface area (Å²) in [6.07, 6.45) is -1.24. The van der Waals surface area contributed by atoms with E-state index in [2.05, 4.69) is 20.0 Å². The number of fused-ring (bicyclic) bond motifs is 1. The molecule has 3 heterocycles. The van der Waals surface area contributed by atoms with E-state index in [0.29, 0.717) is 13.1 Å². The van der Waals surface area contributed by atoms with Crippen LogP contribution in [0.2, 0.25) is 0 Å². The Bertz CT molecular complexity index is 1240. The Kier molecular flexibility index (Phi) is 10.7. The number of aliphatic hydroxyl groups excluding tert-OH is 2. The first-order valence-electron chi connectivity index (χ1n) is 12.4. The van der Waals surface area contributed by atoms with E-state index < -0.39 is 43.1 Å². The van der Waals surface area contributed by atoms with Crippen LogP contribution in [0.15, 0.2) is 11.1 Å². The van der Waals surface area contributed by atoms with E-state index in [1.54, 1.807) is 20.8 Å². The maximum Gasteiger partial charge on any atom is 0.405 e.